The van der Waals surface area contributed by atoms with Crippen LogP contribution in [0.15, 0.2) is 146 Å². The lowest BCUT2D eigenvalue weighted by Gasteiger charge is -2.26. The van der Waals surface area contributed by atoms with Gasteiger partial charge in [0.25, 0.3) is 0 Å². The van der Waals surface area contributed by atoms with Crippen LogP contribution in [0.1, 0.15) is 59.1 Å². The summed E-state index contributed by atoms with van der Waals surface area (Å²) in [4.78, 5) is 0. The Morgan fingerprint density at radius 3 is 1.08 bits per heavy atom. The van der Waals surface area contributed by atoms with Crippen molar-refractivity contribution in [2.75, 3.05) is 52.9 Å². The maximum Gasteiger partial charge on any atom is 0.432 e. The van der Waals surface area contributed by atoms with Crippen LogP contribution in [-0.2, 0) is 51.5 Å². The molecule has 7 rings (SSSR count). The summed E-state index contributed by atoms with van der Waals surface area (Å²) in [5, 5.41) is 0. The van der Waals surface area contributed by atoms with E-state index in [1.807, 2.05) is 121 Å². The molecule has 0 aliphatic rings. The van der Waals surface area contributed by atoms with Gasteiger partial charge in [0.15, 0.2) is 29.0 Å². The lowest BCUT2D eigenvalue weighted by molar-refractivity contribution is -0.189. The van der Waals surface area contributed by atoms with Crippen LogP contribution in [0, 0.1) is 36.0 Å². The number of benzene rings is 7. The average Bonchev–Trinajstić information content (AvgIpc) is 3.44. The first-order chi connectivity index (χ1) is 37.0. The van der Waals surface area contributed by atoms with E-state index in [1.54, 1.807) is 6.92 Å². The van der Waals surface area contributed by atoms with Crippen molar-refractivity contribution in [2.24, 2.45) is 0 Å². The highest BCUT2D eigenvalue weighted by atomic mass is 19.3. The van der Waals surface area contributed by atoms with Gasteiger partial charge >= 0.3 is 6.11 Å². The molecule has 0 amide bonds. The van der Waals surface area contributed by atoms with Crippen molar-refractivity contribution >= 4 is 0 Å². The lowest BCUT2D eigenvalue weighted by atomic mass is 9.95. The molecule has 7 aromatic rings. The molecule has 7 aromatic carbocycles. The third-order valence-electron chi connectivity index (χ3n) is 11.6. The maximum atomic E-state index is 16.4. The molecule has 76 heavy (non-hydrogen) atoms. The SMILES string of the molecule is Cc1c(OCCCOCc2ccccc2)c(OCCCOCc2ccccc2)c(OCCCOCc2ccccc2)c(OCCCOCc2ccccc2)c1-c1cc(F)c(C(F)(F)Oc2cc(F)c(F)c(F)c2)c(F)c1. The molecule has 0 aromatic heterocycles. The molecule has 0 saturated carbocycles. The zero-order chi connectivity index (χ0) is 53.5. The van der Waals surface area contributed by atoms with Crippen LogP contribution in [0.4, 0.5) is 30.7 Å². The smallest absolute Gasteiger partial charge is 0.432 e. The molecule has 0 N–H and O–H groups in total. The van der Waals surface area contributed by atoms with E-state index in [2.05, 4.69) is 4.74 Å². The number of alkyl halides is 2. The second-order valence-corrected chi connectivity index (χ2v) is 17.4. The summed E-state index contributed by atoms with van der Waals surface area (Å²) in [6.07, 6.45) is -3.37. The van der Waals surface area contributed by atoms with Crippen LogP contribution in [-0.4, -0.2) is 52.9 Å². The molecule has 0 heterocycles. The van der Waals surface area contributed by atoms with E-state index in [0.717, 1.165) is 22.3 Å². The fourth-order valence-corrected chi connectivity index (χ4v) is 7.88. The number of rotatable bonds is 32. The average molecular weight is 1060 g/mol. The van der Waals surface area contributed by atoms with E-state index in [-0.39, 0.29) is 91.5 Å². The Balaban J connectivity index is 1.24. The lowest BCUT2D eigenvalue weighted by Crippen LogP contribution is -2.25. The zero-order valence-electron chi connectivity index (χ0n) is 42.0. The van der Waals surface area contributed by atoms with Gasteiger partial charge < -0.3 is 42.6 Å². The Kier molecular flexibility index (Phi) is 21.8. The van der Waals surface area contributed by atoms with Crippen LogP contribution in [0.3, 0.4) is 0 Å². The van der Waals surface area contributed by atoms with Gasteiger partial charge in [0.2, 0.25) is 11.5 Å². The Hall–Kier alpha value is -7.11. The minimum Gasteiger partial charge on any atom is -0.489 e. The van der Waals surface area contributed by atoms with Gasteiger partial charge in [-0.05, 0) is 46.9 Å². The molecular weight excluding hydrogens is 998 g/mol. The summed E-state index contributed by atoms with van der Waals surface area (Å²) >= 11 is 0. The highest BCUT2D eigenvalue weighted by Gasteiger charge is 2.42. The first-order valence-electron chi connectivity index (χ1n) is 24.9. The third-order valence-corrected chi connectivity index (χ3v) is 11.6. The van der Waals surface area contributed by atoms with Gasteiger partial charge in [0.1, 0.15) is 22.9 Å². The van der Waals surface area contributed by atoms with Crippen molar-refractivity contribution in [2.45, 2.75) is 65.1 Å². The number of hydrogen-bond donors (Lipinski definition) is 0. The van der Waals surface area contributed by atoms with E-state index in [9.17, 15) is 13.2 Å². The summed E-state index contributed by atoms with van der Waals surface area (Å²) < 4.78 is 160. The highest BCUT2D eigenvalue weighted by molar-refractivity contribution is 5.83. The van der Waals surface area contributed by atoms with Crippen molar-refractivity contribution in [1.29, 1.82) is 0 Å². The standard InChI is InChI=1S/C60H59F7O9/c1-42-53(47-34-49(61)54(50(62)35-47)60(66,67)76-48-36-51(63)55(65)52(64)37-48)57(73-31-15-27-69-39-44-20-8-3-9-21-44)59(75-33-17-29-71-41-46-24-12-5-13-25-46)58(74-32-16-28-70-40-45-22-10-4-11-23-45)56(42)72-30-14-26-68-38-43-18-6-2-7-19-43/h2-13,18-25,34-37H,14-17,26-33,38-41H2,1H3. The van der Waals surface area contributed by atoms with E-state index < -0.39 is 46.5 Å². The summed E-state index contributed by atoms with van der Waals surface area (Å²) in [6.45, 7) is 4.27. The van der Waals surface area contributed by atoms with Gasteiger partial charge in [-0.25, -0.2) is 22.0 Å². The largest absolute Gasteiger partial charge is 0.489 e. The molecule has 0 unspecified atom stereocenters. The van der Waals surface area contributed by atoms with Crippen molar-refractivity contribution in [3.05, 3.63) is 208 Å². The summed E-state index contributed by atoms with van der Waals surface area (Å²) in [5.41, 5.74) is 1.97. The molecule has 402 valence electrons. The molecule has 16 heteroatoms. The molecular formula is C60H59F7O9. The maximum absolute atomic E-state index is 16.4. The molecule has 0 bridgehead atoms. The minimum atomic E-state index is -4.85. The summed E-state index contributed by atoms with van der Waals surface area (Å²) in [5.74, 6) is -10.3. The summed E-state index contributed by atoms with van der Waals surface area (Å²) in [6, 6.07) is 40.0. The normalized spacial score (nSPS) is 11.4. The van der Waals surface area contributed by atoms with Crippen molar-refractivity contribution < 1.29 is 73.4 Å². The van der Waals surface area contributed by atoms with E-state index in [4.69, 9.17) is 37.9 Å². The molecule has 0 aliphatic heterocycles. The predicted molar refractivity (Wildman–Crippen MR) is 272 cm³/mol. The van der Waals surface area contributed by atoms with E-state index in [1.165, 1.54) is 0 Å². The molecule has 0 spiro atoms. The van der Waals surface area contributed by atoms with Gasteiger partial charge in [-0.15, -0.1) is 0 Å². The van der Waals surface area contributed by atoms with Crippen LogP contribution in [0.5, 0.6) is 28.7 Å². The van der Waals surface area contributed by atoms with Crippen LogP contribution in [0.25, 0.3) is 11.1 Å². The van der Waals surface area contributed by atoms with Crippen LogP contribution < -0.4 is 23.7 Å². The van der Waals surface area contributed by atoms with Crippen LogP contribution in [0.2, 0.25) is 0 Å². The fraction of sp³-hybridized carbons (Fsp3) is 0.300. The first kappa shape index (κ1) is 56.6. The Morgan fingerprint density at radius 2 is 0.711 bits per heavy atom. The number of hydrogen-bond acceptors (Lipinski definition) is 9. The van der Waals surface area contributed by atoms with Gasteiger partial charge in [0, 0.05) is 48.9 Å². The number of ether oxygens (including phenoxy) is 9. The third kappa shape index (κ3) is 16.7. The Morgan fingerprint density at radius 1 is 0.382 bits per heavy atom. The van der Waals surface area contributed by atoms with Crippen molar-refractivity contribution in [1.82, 2.24) is 0 Å². The van der Waals surface area contributed by atoms with Crippen LogP contribution >= 0.6 is 0 Å². The molecule has 0 atom stereocenters. The topological polar surface area (TPSA) is 83.1 Å². The second-order valence-electron chi connectivity index (χ2n) is 17.4. The Labute approximate surface area is 438 Å². The molecule has 0 radical (unpaired) electrons. The Bertz CT molecular complexity index is 2820. The minimum absolute atomic E-state index is 0.00525. The monoisotopic (exact) mass is 1060 g/mol. The van der Waals surface area contributed by atoms with E-state index >= 15 is 17.6 Å². The second kappa shape index (κ2) is 29.3. The van der Waals surface area contributed by atoms with Crippen molar-refractivity contribution in [3.8, 4) is 39.9 Å². The molecule has 0 aliphatic carbocycles. The number of halogens is 7. The molecule has 0 saturated heterocycles. The van der Waals surface area contributed by atoms with Gasteiger partial charge in [-0.2, -0.15) is 8.78 Å². The van der Waals surface area contributed by atoms with E-state index in [0.29, 0.717) is 77.5 Å². The predicted octanol–water partition coefficient (Wildman–Crippen LogP) is 14.4. The molecule has 0 fully saturated rings. The summed E-state index contributed by atoms with van der Waals surface area (Å²) in [7, 11) is 0. The van der Waals surface area contributed by atoms with Gasteiger partial charge in [-0.3, -0.25) is 0 Å². The first-order valence-corrected chi connectivity index (χ1v) is 24.9. The van der Waals surface area contributed by atoms with Crippen molar-refractivity contribution in [3.63, 3.8) is 0 Å². The molecule has 9 nitrogen and oxygen atoms in total. The zero-order valence-corrected chi connectivity index (χ0v) is 42.0. The quantitative estimate of drug-likeness (QED) is 0.0233. The van der Waals surface area contributed by atoms with Gasteiger partial charge in [0.05, 0.1) is 79.3 Å². The highest BCUT2D eigenvalue weighted by Crippen LogP contribution is 2.54. The fourth-order valence-electron chi connectivity index (χ4n) is 7.88. The van der Waals surface area contributed by atoms with Gasteiger partial charge in [-0.1, -0.05) is 121 Å².